The molecule has 0 aromatic carbocycles. The van der Waals surface area contributed by atoms with E-state index in [1.54, 1.807) is 6.92 Å². The second-order valence-electron chi connectivity index (χ2n) is 4.15. The molecule has 0 N–H and O–H groups in total. The number of rotatable bonds is 8. The van der Waals surface area contributed by atoms with Gasteiger partial charge in [0.2, 0.25) is 5.01 Å². The molecule has 1 heterocycles. The van der Waals surface area contributed by atoms with E-state index in [1.807, 2.05) is 17.2 Å². The van der Waals surface area contributed by atoms with E-state index in [0.29, 0.717) is 18.2 Å². The largest absolute Gasteiger partial charge is 0.468 e. The summed E-state index contributed by atoms with van der Waals surface area (Å²) in [6, 6.07) is 0. The molecular formula is C13H20N2O4S. The maximum atomic E-state index is 11.5. The molecule has 0 atom stereocenters. The van der Waals surface area contributed by atoms with E-state index in [9.17, 15) is 9.59 Å². The van der Waals surface area contributed by atoms with Crippen molar-refractivity contribution >= 4 is 23.3 Å². The smallest absolute Gasteiger partial charge is 0.367 e. The molecule has 0 radical (unpaired) electrons. The number of ether oxygens (including phenoxy) is 2. The van der Waals surface area contributed by atoms with Gasteiger partial charge in [0.1, 0.15) is 0 Å². The first-order chi connectivity index (χ1) is 9.60. The number of nitrogens with zero attached hydrogens (tertiary/aromatic N) is 2. The minimum Gasteiger partial charge on any atom is -0.468 e. The predicted molar refractivity (Wildman–Crippen MR) is 75.7 cm³/mol. The van der Waals surface area contributed by atoms with Gasteiger partial charge in [0.15, 0.2) is 0 Å². The second kappa shape index (κ2) is 8.65. The Balaban J connectivity index is 2.64. The highest BCUT2D eigenvalue weighted by Gasteiger charge is 2.15. The molecule has 0 fully saturated rings. The summed E-state index contributed by atoms with van der Waals surface area (Å²) in [5.74, 6) is -0.682. The molecule has 20 heavy (non-hydrogen) atoms. The van der Waals surface area contributed by atoms with Crippen LogP contribution in [0.25, 0.3) is 0 Å². The first-order valence-electron chi connectivity index (χ1n) is 6.51. The van der Waals surface area contributed by atoms with E-state index < -0.39 is 5.97 Å². The normalized spacial score (nSPS) is 10.6. The predicted octanol–water partition coefficient (Wildman–Crippen LogP) is 1.70. The fourth-order valence-corrected chi connectivity index (χ4v) is 2.37. The first-order valence-corrected chi connectivity index (χ1v) is 7.39. The Morgan fingerprint density at radius 1 is 1.40 bits per heavy atom. The number of carbonyl (C=O) groups excluding carboxylic acids is 2. The molecular weight excluding hydrogens is 280 g/mol. The molecule has 1 rings (SSSR count). The van der Waals surface area contributed by atoms with Gasteiger partial charge in [-0.15, -0.1) is 11.3 Å². The SMILES string of the molecule is CCCN(CC(=O)OC)Cc1csc(C(=O)OCC)n1. The van der Waals surface area contributed by atoms with Crippen molar-refractivity contribution in [2.75, 3.05) is 26.8 Å². The quantitative estimate of drug-likeness (QED) is 0.681. The van der Waals surface area contributed by atoms with Gasteiger partial charge in [-0.2, -0.15) is 0 Å². The van der Waals surface area contributed by atoms with Crippen LogP contribution >= 0.6 is 11.3 Å². The third kappa shape index (κ3) is 5.26. The zero-order valence-electron chi connectivity index (χ0n) is 12.0. The van der Waals surface area contributed by atoms with E-state index in [0.717, 1.165) is 18.7 Å². The monoisotopic (exact) mass is 300 g/mol. The third-order valence-corrected chi connectivity index (χ3v) is 3.38. The zero-order chi connectivity index (χ0) is 15.0. The number of thiazole rings is 1. The Labute approximate surface area is 122 Å². The van der Waals surface area contributed by atoms with E-state index in [-0.39, 0.29) is 12.5 Å². The van der Waals surface area contributed by atoms with Crippen molar-refractivity contribution in [2.45, 2.75) is 26.8 Å². The van der Waals surface area contributed by atoms with Gasteiger partial charge >= 0.3 is 11.9 Å². The average Bonchev–Trinajstić information content (AvgIpc) is 2.87. The van der Waals surface area contributed by atoms with Gasteiger partial charge in [0.25, 0.3) is 0 Å². The zero-order valence-corrected chi connectivity index (χ0v) is 12.9. The fourth-order valence-electron chi connectivity index (χ4n) is 1.67. The van der Waals surface area contributed by atoms with Gasteiger partial charge in [-0.25, -0.2) is 9.78 Å². The molecule has 0 saturated heterocycles. The Morgan fingerprint density at radius 2 is 2.15 bits per heavy atom. The van der Waals surface area contributed by atoms with Gasteiger partial charge in [-0.1, -0.05) is 6.92 Å². The van der Waals surface area contributed by atoms with Crippen LogP contribution in [-0.4, -0.2) is 48.6 Å². The van der Waals surface area contributed by atoms with E-state index in [4.69, 9.17) is 4.74 Å². The van der Waals surface area contributed by atoms with Crippen LogP contribution in [0.2, 0.25) is 0 Å². The van der Waals surface area contributed by atoms with Gasteiger partial charge < -0.3 is 9.47 Å². The summed E-state index contributed by atoms with van der Waals surface area (Å²) in [7, 11) is 1.37. The summed E-state index contributed by atoms with van der Waals surface area (Å²) in [6.45, 7) is 5.62. The Kier molecular flexibility index (Phi) is 7.17. The lowest BCUT2D eigenvalue weighted by Crippen LogP contribution is -2.31. The maximum absolute atomic E-state index is 11.5. The molecule has 0 saturated carbocycles. The molecule has 0 aliphatic heterocycles. The molecule has 0 aliphatic carbocycles. The topological polar surface area (TPSA) is 68.7 Å². The second-order valence-corrected chi connectivity index (χ2v) is 5.01. The van der Waals surface area contributed by atoms with Crippen LogP contribution in [0.15, 0.2) is 5.38 Å². The van der Waals surface area contributed by atoms with Gasteiger partial charge in [0, 0.05) is 11.9 Å². The Bertz CT molecular complexity index is 447. The summed E-state index contributed by atoms with van der Waals surface area (Å²) in [4.78, 5) is 29.0. The standard InChI is InChI=1S/C13H20N2O4S/c1-4-6-15(8-11(16)18-3)7-10-9-20-12(14-10)13(17)19-5-2/h9H,4-8H2,1-3H3. The van der Waals surface area contributed by atoms with Gasteiger partial charge in [-0.3, -0.25) is 9.69 Å². The highest BCUT2D eigenvalue weighted by atomic mass is 32.1. The van der Waals surface area contributed by atoms with Crippen LogP contribution in [0, 0.1) is 0 Å². The molecule has 0 aliphatic rings. The van der Waals surface area contributed by atoms with E-state index in [2.05, 4.69) is 9.72 Å². The van der Waals surface area contributed by atoms with Crippen molar-refractivity contribution < 1.29 is 19.1 Å². The van der Waals surface area contributed by atoms with Crippen molar-refractivity contribution in [3.63, 3.8) is 0 Å². The summed E-state index contributed by atoms with van der Waals surface area (Å²) in [5.41, 5.74) is 0.760. The summed E-state index contributed by atoms with van der Waals surface area (Å²) >= 11 is 1.25. The molecule has 0 bridgehead atoms. The molecule has 6 nitrogen and oxygen atoms in total. The lowest BCUT2D eigenvalue weighted by molar-refractivity contribution is -0.142. The number of esters is 2. The van der Waals surface area contributed by atoms with Crippen LogP contribution in [-0.2, 0) is 20.8 Å². The van der Waals surface area contributed by atoms with Crippen molar-refractivity contribution in [3.05, 3.63) is 16.1 Å². The van der Waals surface area contributed by atoms with Crippen LogP contribution in [0.3, 0.4) is 0 Å². The molecule has 1 aromatic rings. The molecule has 0 amide bonds. The van der Waals surface area contributed by atoms with Crippen molar-refractivity contribution in [3.8, 4) is 0 Å². The highest BCUT2D eigenvalue weighted by molar-refractivity contribution is 7.11. The number of hydrogen-bond acceptors (Lipinski definition) is 7. The molecule has 0 spiro atoms. The minimum atomic E-state index is -0.404. The lowest BCUT2D eigenvalue weighted by Gasteiger charge is -2.18. The molecule has 112 valence electrons. The van der Waals surface area contributed by atoms with E-state index >= 15 is 0 Å². The van der Waals surface area contributed by atoms with Gasteiger partial charge in [0.05, 0.1) is 26.0 Å². The van der Waals surface area contributed by atoms with E-state index in [1.165, 1.54) is 18.4 Å². The maximum Gasteiger partial charge on any atom is 0.367 e. The number of aromatic nitrogens is 1. The van der Waals surface area contributed by atoms with Crippen molar-refractivity contribution in [2.24, 2.45) is 0 Å². The van der Waals surface area contributed by atoms with Crippen LogP contribution in [0.4, 0.5) is 0 Å². The third-order valence-electron chi connectivity index (χ3n) is 2.51. The van der Waals surface area contributed by atoms with Crippen LogP contribution < -0.4 is 0 Å². The molecule has 7 heteroatoms. The number of hydrogen-bond donors (Lipinski definition) is 0. The number of carbonyl (C=O) groups is 2. The average molecular weight is 300 g/mol. The summed E-state index contributed by atoms with van der Waals surface area (Å²) < 4.78 is 9.56. The summed E-state index contributed by atoms with van der Waals surface area (Å²) in [5, 5.41) is 2.16. The van der Waals surface area contributed by atoms with Crippen LogP contribution in [0.5, 0.6) is 0 Å². The fraction of sp³-hybridized carbons (Fsp3) is 0.615. The van der Waals surface area contributed by atoms with Crippen molar-refractivity contribution in [1.29, 1.82) is 0 Å². The van der Waals surface area contributed by atoms with Crippen LogP contribution in [0.1, 0.15) is 35.8 Å². The molecule has 0 unspecified atom stereocenters. The molecule has 1 aromatic heterocycles. The first kappa shape index (κ1) is 16.6. The Hall–Kier alpha value is -1.47. The Morgan fingerprint density at radius 3 is 2.75 bits per heavy atom. The summed E-state index contributed by atoms with van der Waals surface area (Å²) in [6.07, 6.45) is 0.922. The lowest BCUT2D eigenvalue weighted by atomic mass is 10.3. The van der Waals surface area contributed by atoms with Crippen molar-refractivity contribution in [1.82, 2.24) is 9.88 Å². The van der Waals surface area contributed by atoms with Gasteiger partial charge in [-0.05, 0) is 19.9 Å². The number of methoxy groups -OCH3 is 1. The highest BCUT2D eigenvalue weighted by Crippen LogP contribution is 2.13. The minimum absolute atomic E-state index is 0.219.